The number of ether oxygens (including phenoxy) is 2. The number of halogens is 1. The van der Waals surface area contributed by atoms with Crippen LogP contribution in [0, 0.1) is 0 Å². The maximum Gasteiger partial charge on any atom is 0.214 e. The average Bonchev–Trinajstić information content (AvgIpc) is 3.10. The highest BCUT2D eigenvalue weighted by Gasteiger charge is 2.43. The highest BCUT2D eigenvalue weighted by atomic mass is 79.9. The van der Waals surface area contributed by atoms with Crippen LogP contribution in [0.2, 0.25) is 0 Å². The lowest BCUT2D eigenvalue weighted by Gasteiger charge is -2.29. The molecule has 20 heavy (non-hydrogen) atoms. The number of rotatable bonds is 4. The normalized spacial score (nSPS) is 26.0. The second-order valence-corrected chi connectivity index (χ2v) is 5.64. The number of aliphatic hydroxyl groups is 1. The summed E-state index contributed by atoms with van der Waals surface area (Å²) < 4.78 is 14.8. The van der Waals surface area contributed by atoms with E-state index in [1.807, 2.05) is 35.0 Å². The van der Waals surface area contributed by atoms with Crippen LogP contribution in [0.25, 0.3) is 0 Å². The smallest absolute Gasteiger partial charge is 0.214 e. The van der Waals surface area contributed by atoms with E-state index in [1.54, 1.807) is 12.5 Å². The lowest BCUT2D eigenvalue weighted by atomic mass is 10.1. The van der Waals surface area contributed by atoms with Crippen molar-refractivity contribution in [2.75, 3.05) is 13.2 Å². The maximum atomic E-state index is 9.28. The Balaban J connectivity index is 1.93. The molecule has 1 aliphatic heterocycles. The van der Waals surface area contributed by atoms with E-state index in [0.29, 0.717) is 13.2 Å². The van der Waals surface area contributed by atoms with Crippen molar-refractivity contribution in [2.24, 2.45) is 0 Å². The van der Waals surface area contributed by atoms with Crippen molar-refractivity contribution in [1.29, 1.82) is 0 Å². The molecule has 1 aliphatic rings. The summed E-state index contributed by atoms with van der Waals surface area (Å²) >= 11 is 3.42. The van der Waals surface area contributed by atoms with Crippen LogP contribution >= 0.6 is 15.9 Å². The minimum Gasteiger partial charge on any atom is -0.394 e. The van der Waals surface area contributed by atoms with Gasteiger partial charge in [0.1, 0.15) is 6.10 Å². The van der Waals surface area contributed by atoms with Gasteiger partial charge in [-0.1, -0.05) is 28.1 Å². The zero-order valence-corrected chi connectivity index (χ0v) is 12.4. The average molecular weight is 339 g/mol. The summed E-state index contributed by atoms with van der Waals surface area (Å²) in [5, 5.41) is 9.28. The summed E-state index contributed by atoms with van der Waals surface area (Å²) in [6.45, 7) is 0.814. The molecule has 1 fully saturated rings. The fourth-order valence-electron chi connectivity index (χ4n) is 2.30. The van der Waals surface area contributed by atoms with Gasteiger partial charge in [-0.25, -0.2) is 4.98 Å². The molecular weight excluding hydrogens is 324 g/mol. The summed E-state index contributed by atoms with van der Waals surface area (Å²) in [4.78, 5) is 4.04. The van der Waals surface area contributed by atoms with E-state index in [9.17, 15) is 5.11 Å². The van der Waals surface area contributed by atoms with Crippen molar-refractivity contribution in [3.05, 3.63) is 53.0 Å². The van der Waals surface area contributed by atoms with Gasteiger partial charge < -0.3 is 19.1 Å². The van der Waals surface area contributed by atoms with E-state index in [-0.39, 0.29) is 12.7 Å². The van der Waals surface area contributed by atoms with Gasteiger partial charge in [0.2, 0.25) is 5.79 Å². The summed E-state index contributed by atoms with van der Waals surface area (Å²) in [5.74, 6) is -0.880. The van der Waals surface area contributed by atoms with Crippen molar-refractivity contribution >= 4 is 15.9 Å². The first-order valence-corrected chi connectivity index (χ1v) is 7.15. The van der Waals surface area contributed by atoms with Crippen molar-refractivity contribution in [3.8, 4) is 0 Å². The summed E-state index contributed by atoms with van der Waals surface area (Å²) in [7, 11) is 0. The molecule has 0 amide bonds. The lowest BCUT2D eigenvalue weighted by Crippen LogP contribution is -2.33. The number of hydrogen-bond donors (Lipinski definition) is 1. The van der Waals surface area contributed by atoms with Crippen LogP contribution in [0.1, 0.15) is 5.56 Å². The number of aliphatic hydroxyl groups excluding tert-OH is 1. The summed E-state index contributed by atoms with van der Waals surface area (Å²) in [6, 6.07) is 7.81. The Labute approximate surface area is 125 Å². The highest BCUT2D eigenvalue weighted by Crippen LogP contribution is 2.36. The van der Waals surface area contributed by atoms with Crippen LogP contribution in [0.15, 0.2) is 47.5 Å². The summed E-state index contributed by atoms with van der Waals surface area (Å²) in [6.07, 6.45) is 5.00. The van der Waals surface area contributed by atoms with Crippen LogP contribution in [0.3, 0.4) is 0 Å². The third-order valence-electron chi connectivity index (χ3n) is 3.30. The molecule has 0 unspecified atom stereocenters. The molecule has 3 rings (SSSR count). The van der Waals surface area contributed by atoms with Crippen molar-refractivity contribution < 1.29 is 14.6 Å². The predicted molar refractivity (Wildman–Crippen MR) is 76.0 cm³/mol. The molecule has 6 heteroatoms. The Bertz CT molecular complexity index is 558. The second-order valence-electron chi connectivity index (χ2n) is 4.73. The Morgan fingerprint density at radius 3 is 2.80 bits per heavy atom. The quantitative estimate of drug-likeness (QED) is 0.925. The van der Waals surface area contributed by atoms with Gasteiger partial charge in [0.05, 0.1) is 26.1 Å². The van der Waals surface area contributed by atoms with Crippen LogP contribution in [-0.2, 0) is 21.8 Å². The van der Waals surface area contributed by atoms with Gasteiger partial charge in [0, 0.05) is 22.4 Å². The van der Waals surface area contributed by atoms with Gasteiger partial charge in [-0.2, -0.15) is 0 Å². The van der Waals surface area contributed by atoms with Crippen LogP contribution in [0.4, 0.5) is 0 Å². The van der Waals surface area contributed by atoms with E-state index in [4.69, 9.17) is 9.47 Å². The van der Waals surface area contributed by atoms with Crippen LogP contribution in [-0.4, -0.2) is 34.0 Å². The molecule has 2 atom stereocenters. The van der Waals surface area contributed by atoms with Crippen molar-refractivity contribution in [1.82, 2.24) is 9.55 Å². The molecule has 1 N–H and O–H groups in total. The Hall–Kier alpha value is -1.21. The zero-order valence-electron chi connectivity index (χ0n) is 10.8. The Kier molecular flexibility index (Phi) is 3.89. The third kappa shape index (κ3) is 2.64. The molecule has 106 valence electrons. The first-order valence-electron chi connectivity index (χ1n) is 6.36. The number of imidazole rings is 1. The van der Waals surface area contributed by atoms with Gasteiger partial charge >= 0.3 is 0 Å². The van der Waals surface area contributed by atoms with Gasteiger partial charge in [0.15, 0.2) is 0 Å². The molecule has 2 heterocycles. The van der Waals surface area contributed by atoms with Gasteiger partial charge in [-0.05, 0) is 12.1 Å². The largest absolute Gasteiger partial charge is 0.394 e. The number of hydrogen-bond acceptors (Lipinski definition) is 4. The highest BCUT2D eigenvalue weighted by molar-refractivity contribution is 9.10. The van der Waals surface area contributed by atoms with E-state index < -0.39 is 5.79 Å². The molecule has 5 nitrogen and oxygen atoms in total. The molecule has 1 aromatic heterocycles. The van der Waals surface area contributed by atoms with Gasteiger partial charge in [-0.15, -0.1) is 0 Å². The molecular formula is C14H15BrN2O3. The molecule has 0 aliphatic carbocycles. The SMILES string of the molecule is OC[C@H]1CO[C@@](Cn2ccnc2)(c2ccc(Br)cc2)O1. The number of aromatic nitrogens is 2. The van der Waals surface area contributed by atoms with Crippen molar-refractivity contribution in [3.63, 3.8) is 0 Å². The molecule has 0 spiro atoms. The maximum absolute atomic E-state index is 9.28. The van der Waals surface area contributed by atoms with Crippen molar-refractivity contribution in [2.45, 2.75) is 18.4 Å². The molecule has 2 aromatic rings. The summed E-state index contributed by atoms with van der Waals surface area (Å²) in [5.41, 5.74) is 0.922. The molecule has 1 aromatic carbocycles. The van der Waals surface area contributed by atoms with E-state index in [2.05, 4.69) is 20.9 Å². The molecule has 0 saturated carbocycles. The first-order chi connectivity index (χ1) is 9.72. The lowest BCUT2D eigenvalue weighted by molar-refractivity contribution is -0.190. The zero-order chi connectivity index (χ0) is 14.0. The van der Waals surface area contributed by atoms with Gasteiger partial charge in [-0.3, -0.25) is 0 Å². The molecule has 0 radical (unpaired) electrons. The Morgan fingerprint density at radius 2 is 2.20 bits per heavy atom. The minimum absolute atomic E-state index is 0.0534. The minimum atomic E-state index is -0.880. The number of benzene rings is 1. The van der Waals surface area contributed by atoms with Gasteiger partial charge in [0.25, 0.3) is 0 Å². The third-order valence-corrected chi connectivity index (χ3v) is 3.83. The van der Waals surface area contributed by atoms with Crippen LogP contribution < -0.4 is 0 Å². The van der Waals surface area contributed by atoms with E-state index in [1.165, 1.54) is 0 Å². The van der Waals surface area contributed by atoms with E-state index >= 15 is 0 Å². The fraction of sp³-hybridized carbons (Fsp3) is 0.357. The fourth-order valence-corrected chi connectivity index (χ4v) is 2.57. The Morgan fingerprint density at radius 1 is 1.40 bits per heavy atom. The first kappa shape index (κ1) is 13.8. The van der Waals surface area contributed by atoms with Crippen LogP contribution in [0.5, 0.6) is 0 Å². The topological polar surface area (TPSA) is 56.5 Å². The molecule has 1 saturated heterocycles. The second kappa shape index (κ2) is 5.65. The monoisotopic (exact) mass is 338 g/mol. The van der Waals surface area contributed by atoms with E-state index in [0.717, 1.165) is 10.0 Å². The molecule has 0 bridgehead atoms. The number of nitrogens with zero attached hydrogens (tertiary/aromatic N) is 2. The standard InChI is InChI=1S/C14H15BrN2O3/c15-12-3-1-11(2-4-12)14(9-17-6-5-16-10-17)19-8-13(7-18)20-14/h1-6,10,13,18H,7-9H2/t13-,14+/m0/s1. The predicted octanol–water partition coefficient (Wildman–Crippen LogP) is 1.91.